The third-order valence-electron chi connectivity index (χ3n) is 3.17. The molecule has 1 aromatic carbocycles. The van der Waals surface area contributed by atoms with Crippen LogP contribution >= 0.6 is 0 Å². The molecule has 0 radical (unpaired) electrons. The van der Waals surface area contributed by atoms with Crippen molar-refractivity contribution < 1.29 is 19.1 Å². The van der Waals surface area contributed by atoms with Crippen molar-refractivity contribution in [2.75, 3.05) is 11.9 Å². The fourth-order valence-electron chi connectivity index (χ4n) is 2.10. The number of carbonyl (C=O) groups is 3. The molecule has 0 aliphatic heterocycles. The second-order valence-electron chi connectivity index (χ2n) is 6.52. The average molecular weight is 355 g/mol. The maximum Gasteiger partial charge on any atom is 0.408 e. The quantitative estimate of drug-likeness (QED) is 0.804. The summed E-state index contributed by atoms with van der Waals surface area (Å²) in [4.78, 5) is 40.2. The molecule has 0 unspecified atom stereocenters. The van der Waals surface area contributed by atoms with Crippen molar-refractivity contribution in [1.82, 2.24) is 10.3 Å². The van der Waals surface area contributed by atoms with E-state index in [1.807, 2.05) is 6.07 Å². The molecular formula is C19H21N3O4. The normalized spacial score (nSPS) is 10.7. The fourth-order valence-corrected chi connectivity index (χ4v) is 2.10. The van der Waals surface area contributed by atoms with Crippen LogP contribution in [0, 0.1) is 0 Å². The number of ketones is 1. The number of nitrogens with zero attached hydrogens (tertiary/aromatic N) is 1. The highest BCUT2D eigenvalue weighted by Crippen LogP contribution is 2.18. The lowest BCUT2D eigenvalue weighted by molar-refractivity contribution is -0.115. The molecule has 1 aromatic heterocycles. The van der Waals surface area contributed by atoms with Gasteiger partial charge in [-0.3, -0.25) is 14.6 Å². The summed E-state index contributed by atoms with van der Waals surface area (Å²) in [6, 6.07) is 10.3. The maximum atomic E-state index is 12.6. The van der Waals surface area contributed by atoms with Gasteiger partial charge in [-0.25, -0.2) is 4.79 Å². The van der Waals surface area contributed by atoms with E-state index in [0.717, 1.165) is 0 Å². The lowest BCUT2D eigenvalue weighted by Crippen LogP contribution is -2.37. The lowest BCUT2D eigenvalue weighted by Gasteiger charge is -2.19. The van der Waals surface area contributed by atoms with E-state index in [2.05, 4.69) is 15.6 Å². The van der Waals surface area contributed by atoms with E-state index in [4.69, 9.17) is 4.74 Å². The van der Waals surface area contributed by atoms with Crippen LogP contribution in [0.3, 0.4) is 0 Å². The molecule has 2 amide bonds. The van der Waals surface area contributed by atoms with E-state index in [9.17, 15) is 14.4 Å². The summed E-state index contributed by atoms with van der Waals surface area (Å²) in [7, 11) is 0. The van der Waals surface area contributed by atoms with Crippen LogP contribution in [0.25, 0.3) is 0 Å². The largest absolute Gasteiger partial charge is 0.444 e. The number of hydrogen-bond acceptors (Lipinski definition) is 5. The number of amides is 2. The first kappa shape index (κ1) is 19.1. The van der Waals surface area contributed by atoms with Gasteiger partial charge in [-0.1, -0.05) is 30.3 Å². The predicted octanol–water partition coefficient (Wildman–Crippen LogP) is 2.78. The Hall–Kier alpha value is -3.22. The number of carbonyl (C=O) groups excluding carboxylic acids is 3. The standard InChI is InChI=1S/C19H21N3O4/c1-19(2,3)26-18(25)21-12-16(23)22-15-11-20-10-9-14(15)17(24)13-7-5-4-6-8-13/h4-11H,12H2,1-3H3,(H,21,25)(H,22,23). The number of ether oxygens (including phenoxy) is 1. The molecule has 0 aliphatic rings. The molecule has 7 nitrogen and oxygen atoms in total. The number of benzene rings is 1. The predicted molar refractivity (Wildman–Crippen MR) is 97.0 cm³/mol. The van der Waals surface area contributed by atoms with Gasteiger partial charge < -0.3 is 15.4 Å². The van der Waals surface area contributed by atoms with E-state index in [0.29, 0.717) is 11.1 Å². The first-order valence-corrected chi connectivity index (χ1v) is 8.07. The molecule has 2 N–H and O–H groups in total. The highest BCUT2D eigenvalue weighted by molar-refractivity contribution is 6.13. The van der Waals surface area contributed by atoms with Gasteiger partial charge in [-0.05, 0) is 26.8 Å². The Labute approximate surface area is 151 Å². The summed E-state index contributed by atoms with van der Waals surface area (Å²) in [5.41, 5.74) is 0.439. The average Bonchev–Trinajstić information content (AvgIpc) is 2.59. The summed E-state index contributed by atoms with van der Waals surface area (Å²) in [6.07, 6.45) is 2.17. The Bertz CT molecular complexity index is 798. The molecule has 0 bridgehead atoms. The minimum atomic E-state index is -0.695. The van der Waals surface area contributed by atoms with Crippen LogP contribution in [0.5, 0.6) is 0 Å². The number of anilines is 1. The van der Waals surface area contributed by atoms with Crippen LogP contribution in [0.4, 0.5) is 10.5 Å². The molecule has 136 valence electrons. The molecule has 7 heteroatoms. The molecule has 26 heavy (non-hydrogen) atoms. The number of hydrogen-bond donors (Lipinski definition) is 2. The van der Waals surface area contributed by atoms with Crippen molar-refractivity contribution in [3.05, 3.63) is 59.9 Å². The molecule has 0 fully saturated rings. The van der Waals surface area contributed by atoms with Crippen molar-refractivity contribution >= 4 is 23.5 Å². The van der Waals surface area contributed by atoms with Gasteiger partial charge in [-0.15, -0.1) is 0 Å². The molecule has 0 saturated carbocycles. The molecule has 0 saturated heterocycles. The van der Waals surface area contributed by atoms with E-state index in [1.54, 1.807) is 45.0 Å². The van der Waals surface area contributed by atoms with Gasteiger partial charge in [0.15, 0.2) is 5.78 Å². The molecule has 1 heterocycles. The smallest absolute Gasteiger partial charge is 0.408 e. The zero-order valence-electron chi connectivity index (χ0n) is 14.9. The second kappa shape index (κ2) is 8.24. The van der Waals surface area contributed by atoms with Crippen LogP contribution in [0.1, 0.15) is 36.7 Å². The first-order valence-electron chi connectivity index (χ1n) is 8.07. The third-order valence-corrected chi connectivity index (χ3v) is 3.17. The maximum absolute atomic E-state index is 12.6. The minimum Gasteiger partial charge on any atom is -0.444 e. The van der Waals surface area contributed by atoms with Crippen LogP contribution < -0.4 is 10.6 Å². The number of alkyl carbamates (subject to hydrolysis) is 1. The molecule has 0 spiro atoms. The van der Waals surface area contributed by atoms with Gasteiger partial charge in [0.1, 0.15) is 12.1 Å². The summed E-state index contributed by atoms with van der Waals surface area (Å²) in [6.45, 7) is 4.89. The molecular weight excluding hydrogens is 334 g/mol. The molecule has 2 aromatic rings. The number of rotatable bonds is 5. The summed E-state index contributed by atoms with van der Waals surface area (Å²) >= 11 is 0. The fraction of sp³-hybridized carbons (Fsp3) is 0.263. The van der Waals surface area contributed by atoms with Crippen LogP contribution in [-0.2, 0) is 9.53 Å². The van der Waals surface area contributed by atoms with Gasteiger partial charge in [0.05, 0.1) is 11.9 Å². The summed E-state index contributed by atoms with van der Waals surface area (Å²) in [5, 5.41) is 4.95. The molecule has 0 aliphatic carbocycles. The zero-order valence-corrected chi connectivity index (χ0v) is 14.9. The lowest BCUT2D eigenvalue weighted by atomic mass is 10.0. The number of pyridine rings is 1. The number of nitrogens with one attached hydrogen (secondary N) is 2. The van der Waals surface area contributed by atoms with Crippen molar-refractivity contribution in [3.8, 4) is 0 Å². The van der Waals surface area contributed by atoms with Crippen molar-refractivity contribution in [2.45, 2.75) is 26.4 Å². The Morgan fingerprint density at radius 1 is 1.08 bits per heavy atom. The van der Waals surface area contributed by atoms with Gasteiger partial charge >= 0.3 is 6.09 Å². The van der Waals surface area contributed by atoms with Crippen molar-refractivity contribution in [3.63, 3.8) is 0 Å². The summed E-state index contributed by atoms with van der Waals surface area (Å²) < 4.78 is 5.06. The Kier molecular flexibility index (Phi) is 6.06. The second-order valence-corrected chi connectivity index (χ2v) is 6.52. The SMILES string of the molecule is CC(C)(C)OC(=O)NCC(=O)Nc1cnccc1C(=O)c1ccccc1. The third kappa shape index (κ3) is 5.70. The number of aromatic nitrogens is 1. The Morgan fingerprint density at radius 3 is 2.42 bits per heavy atom. The minimum absolute atomic E-state index is 0.233. The van der Waals surface area contributed by atoms with Crippen LogP contribution in [0.15, 0.2) is 48.8 Å². The van der Waals surface area contributed by atoms with Crippen molar-refractivity contribution in [2.24, 2.45) is 0 Å². The first-order chi connectivity index (χ1) is 12.3. The van der Waals surface area contributed by atoms with E-state index in [-0.39, 0.29) is 18.0 Å². The van der Waals surface area contributed by atoms with Gasteiger partial charge in [-0.2, -0.15) is 0 Å². The van der Waals surface area contributed by atoms with E-state index in [1.165, 1.54) is 18.5 Å². The summed E-state index contributed by atoms with van der Waals surface area (Å²) in [5.74, 6) is -0.727. The van der Waals surface area contributed by atoms with Gasteiger partial charge in [0.2, 0.25) is 5.91 Å². The van der Waals surface area contributed by atoms with Crippen LogP contribution in [-0.4, -0.2) is 34.9 Å². The molecule has 0 atom stereocenters. The Balaban J connectivity index is 2.03. The van der Waals surface area contributed by atoms with Gasteiger partial charge in [0, 0.05) is 17.3 Å². The molecule has 2 rings (SSSR count). The van der Waals surface area contributed by atoms with Crippen LogP contribution in [0.2, 0.25) is 0 Å². The monoisotopic (exact) mass is 355 g/mol. The van der Waals surface area contributed by atoms with E-state index < -0.39 is 17.6 Å². The highest BCUT2D eigenvalue weighted by atomic mass is 16.6. The topological polar surface area (TPSA) is 97.4 Å². The van der Waals surface area contributed by atoms with Gasteiger partial charge in [0.25, 0.3) is 0 Å². The zero-order chi connectivity index (χ0) is 19.2. The van der Waals surface area contributed by atoms with E-state index >= 15 is 0 Å². The van der Waals surface area contributed by atoms with Crippen molar-refractivity contribution in [1.29, 1.82) is 0 Å². The Morgan fingerprint density at radius 2 is 1.77 bits per heavy atom. The highest BCUT2D eigenvalue weighted by Gasteiger charge is 2.18.